The molecule has 2 heteroatoms. The zero-order valence-corrected chi connectivity index (χ0v) is 7.17. The van der Waals surface area contributed by atoms with Gasteiger partial charge in [-0.3, -0.25) is 5.09 Å². The smallest absolute Gasteiger partial charge is 0.0259 e. The van der Waals surface area contributed by atoms with E-state index in [9.17, 15) is 0 Å². The fraction of sp³-hybridized carbons (Fsp3) is 0.429. The number of nitrogens with one attached hydrogen (secondary N) is 1. The molecule has 0 saturated carbocycles. The predicted molar refractivity (Wildman–Crippen MR) is 46.3 cm³/mol. The van der Waals surface area contributed by atoms with Crippen LogP contribution in [0.1, 0.15) is 13.8 Å². The number of hydrogen-bond acceptors (Lipinski definition) is 1. The largest absolute Gasteiger partial charge is 0.294 e. The molecule has 2 unspecified atom stereocenters. The Bertz CT molecular complexity index is 118. The number of rotatable bonds is 3. The molecule has 0 fully saturated rings. The van der Waals surface area contributed by atoms with E-state index in [1.54, 1.807) is 0 Å². The van der Waals surface area contributed by atoms with Crippen LogP contribution in [0.25, 0.3) is 0 Å². The quantitative estimate of drug-likeness (QED) is 0.470. The van der Waals surface area contributed by atoms with Crippen LogP contribution >= 0.6 is 9.39 Å². The number of hydrogen-bond donors (Lipinski definition) is 1. The van der Waals surface area contributed by atoms with Crippen LogP contribution in [0, 0.1) is 0 Å². The van der Waals surface area contributed by atoms with Gasteiger partial charge in [-0.1, -0.05) is 33.7 Å². The van der Waals surface area contributed by atoms with E-state index in [0.717, 1.165) is 0 Å². The van der Waals surface area contributed by atoms with Crippen molar-refractivity contribution in [1.29, 1.82) is 0 Å². The second-order valence-corrected chi connectivity index (χ2v) is 2.40. The second kappa shape index (κ2) is 4.72. The highest BCUT2D eigenvalue weighted by molar-refractivity contribution is 7.13. The summed E-state index contributed by atoms with van der Waals surface area (Å²) in [6.07, 6.45) is 3.96. The molecule has 1 N–H and O–H groups in total. The fourth-order valence-electron chi connectivity index (χ4n) is 0.510. The molecular weight excluding hydrogens is 129 g/mol. The van der Waals surface area contributed by atoms with Gasteiger partial charge in [-0.25, -0.2) is 0 Å². The molecule has 0 aromatic carbocycles. The Balaban J connectivity index is 3.78. The first-order valence-corrected chi connectivity index (χ1v) is 3.55. The first-order valence-electron chi connectivity index (χ1n) is 2.97. The summed E-state index contributed by atoms with van der Waals surface area (Å²) in [7, 11) is 2.48. The summed E-state index contributed by atoms with van der Waals surface area (Å²) in [5, 5.41) is 3.02. The van der Waals surface area contributed by atoms with Gasteiger partial charge >= 0.3 is 0 Å². The highest BCUT2D eigenvalue weighted by atomic mass is 31.0. The molecule has 9 heavy (non-hydrogen) atoms. The summed E-state index contributed by atoms with van der Waals surface area (Å²) >= 11 is 0. The first-order chi connectivity index (χ1) is 4.20. The summed E-state index contributed by atoms with van der Waals surface area (Å²) in [4.78, 5) is 0. The van der Waals surface area contributed by atoms with Crippen molar-refractivity contribution in [1.82, 2.24) is 5.09 Å². The lowest BCUT2D eigenvalue weighted by Gasteiger charge is -2.02. The van der Waals surface area contributed by atoms with Crippen LogP contribution in [0.15, 0.2) is 24.3 Å². The van der Waals surface area contributed by atoms with E-state index >= 15 is 0 Å². The SMILES string of the molecule is C=C/C(C)=C/C(C)NP. The van der Waals surface area contributed by atoms with Crippen molar-refractivity contribution >= 4 is 9.39 Å². The predicted octanol–water partition coefficient (Wildman–Crippen LogP) is 1.89. The lowest BCUT2D eigenvalue weighted by Crippen LogP contribution is -2.11. The lowest BCUT2D eigenvalue weighted by atomic mass is 10.2. The summed E-state index contributed by atoms with van der Waals surface area (Å²) < 4.78 is 0. The molecule has 0 saturated heterocycles. The van der Waals surface area contributed by atoms with Crippen molar-refractivity contribution in [3.05, 3.63) is 24.3 Å². The Morgan fingerprint density at radius 1 is 1.78 bits per heavy atom. The standard InChI is InChI=1S/C7H14NP/c1-4-6(2)5-7(3)8-9/h4-5,7-8H,1,9H2,2-3H3/b6-5+. The molecule has 0 bridgehead atoms. The molecule has 52 valence electrons. The molecule has 2 atom stereocenters. The first kappa shape index (κ1) is 8.87. The van der Waals surface area contributed by atoms with Crippen molar-refractivity contribution in [3.63, 3.8) is 0 Å². The van der Waals surface area contributed by atoms with Crippen molar-refractivity contribution < 1.29 is 0 Å². The van der Waals surface area contributed by atoms with Crippen molar-refractivity contribution in [2.75, 3.05) is 0 Å². The minimum Gasteiger partial charge on any atom is -0.294 e. The van der Waals surface area contributed by atoms with Gasteiger partial charge in [-0.2, -0.15) is 0 Å². The van der Waals surface area contributed by atoms with Gasteiger partial charge in [0.25, 0.3) is 0 Å². The van der Waals surface area contributed by atoms with Gasteiger partial charge in [0.15, 0.2) is 0 Å². The van der Waals surface area contributed by atoms with E-state index in [1.165, 1.54) is 5.57 Å². The topological polar surface area (TPSA) is 12.0 Å². The van der Waals surface area contributed by atoms with E-state index in [-0.39, 0.29) is 0 Å². The summed E-state index contributed by atoms with van der Waals surface area (Å²) in [5.74, 6) is 0. The van der Waals surface area contributed by atoms with E-state index in [2.05, 4.69) is 34.1 Å². The summed E-state index contributed by atoms with van der Waals surface area (Å²) in [6, 6.07) is 0.410. The van der Waals surface area contributed by atoms with Crippen LogP contribution in [0.2, 0.25) is 0 Å². The maximum Gasteiger partial charge on any atom is 0.0259 e. The molecule has 0 aromatic heterocycles. The van der Waals surface area contributed by atoms with E-state index in [4.69, 9.17) is 0 Å². The third kappa shape index (κ3) is 4.38. The highest BCUT2D eigenvalue weighted by Crippen LogP contribution is 1.96. The van der Waals surface area contributed by atoms with Crippen LogP contribution in [-0.4, -0.2) is 6.04 Å². The van der Waals surface area contributed by atoms with E-state index < -0.39 is 0 Å². The molecular formula is C7H14NP. The summed E-state index contributed by atoms with van der Waals surface area (Å²) in [5.41, 5.74) is 1.21. The minimum absolute atomic E-state index is 0.410. The number of allylic oxidation sites excluding steroid dienone is 2. The van der Waals surface area contributed by atoms with Crippen LogP contribution in [0.5, 0.6) is 0 Å². The van der Waals surface area contributed by atoms with Crippen molar-refractivity contribution in [3.8, 4) is 0 Å². The maximum absolute atomic E-state index is 3.65. The Morgan fingerprint density at radius 2 is 2.33 bits per heavy atom. The maximum atomic E-state index is 3.65. The van der Waals surface area contributed by atoms with Crippen molar-refractivity contribution in [2.45, 2.75) is 19.9 Å². The van der Waals surface area contributed by atoms with E-state index in [0.29, 0.717) is 6.04 Å². The molecule has 1 nitrogen and oxygen atoms in total. The third-order valence-corrected chi connectivity index (χ3v) is 1.62. The van der Waals surface area contributed by atoms with Gasteiger partial charge in [-0.05, 0) is 13.8 Å². The van der Waals surface area contributed by atoms with Crippen LogP contribution in [0.4, 0.5) is 0 Å². The average Bonchev–Trinajstić information content (AvgIpc) is 1.87. The van der Waals surface area contributed by atoms with Gasteiger partial charge < -0.3 is 0 Å². The Hall–Kier alpha value is -0.130. The van der Waals surface area contributed by atoms with Crippen LogP contribution < -0.4 is 5.09 Å². The zero-order chi connectivity index (χ0) is 7.28. The second-order valence-electron chi connectivity index (χ2n) is 2.07. The molecule has 0 aromatic rings. The molecule has 0 aliphatic rings. The van der Waals surface area contributed by atoms with Gasteiger partial charge in [0.05, 0.1) is 0 Å². The minimum atomic E-state index is 0.410. The molecule has 0 amide bonds. The van der Waals surface area contributed by atoms with Crippen LogP contribution in [-0.2, 0) is 0 Å². The zero-order valence-electron chi connectivity index (χ0n) is 6.02. The molecule has 0 aliphatic carbocycles. The van der Waals surface area contributed by atoms with Gasteiger partial charge in [0, 0.05) is 6.04 Å². The lowest BCUT2D eigenvalue weighted by molar-refractivity contribution is 0.846. The Labute approximate surface area is 59.5 Å². The van der Waals surface area contributed by atoms with Crippen molar-refractivity contribution in [2.24, 2.45) is 0 Å². The van der Waals surface area contributed by atoms with Gasteiger partial charge in [0.2, 0.25) is 0 Å². The molecule has 0 spiro atoms. The van der Waals surface area contributed by atoms with Gasteiger partial charge in [-0.15, -0.1) is 0 Å². The summed E-state index contributed by atoms with van der Waals surface area (Å²) in [6.45, 7) is 7.76. The van der Waals surface area contributed by atoms with E-state index in [1.807, 2.05) is 13.0 Å². The Morgan fingerprint density at radius 3 is 2.67 bits per heavy atom. The van der Waals surface area contributed by atoms with Crippen LogP contribution in [0.3, 0.4) is 0 Å². The molecule has 0 radical (unpaired) electrons. The average molecular weight is 143 g/mol. The molecule has 0 heterocycles. The molecule has 0 aliphatic heterocycles. The normalized spacial score (nSPS) is 15.2. The van der Waals surface area contributed by atoms with Gasteiger partial charge in [0.1, 0.15) is 0 Å². The fourth-order valence-corrected chi connectivity index (χ4v) is 0.607. The molecule has 0 rings (SSSR count). The highest BCUT2D eigenvalue weighted by Gasteiger charge is 1.89. The Kier molecular flexibility index (Phi) is 4.65. The monoisotopic (exact) mass is 143 g/mol. The third-order valence-electron chi connectivity index (χ3n) is 1.10.